The quantitative estimate of drug-likeness (QED) is 0.541. The van der Waals surface area contributed by atoms with Crippen LogP contribution >= 0.6 is 11.6 Å². The molecule has 1 saturated carbocycles. The summed E-state index contributed by atoms with van der Waals surface area (Å²) in [5, 5.41) is 3.63. The number of hydrogen-bond donors (Lipinski definition) is 1. The Labute approximate surface area is 99.3 Å². The summed E-state index contributed by atoms with van der Waals surface area (Å²) in [6.45, 7) is 3.26. The molecule has 0 aromatic heterocycles. The van der Waals surface area contributed by atoms with Crippen LogP contribution in [0.5, 0.6) is 0 Å². The minimum Gasteiger partial charge on any atom is -0.310 e. The van der Waals surface area contributed by atoms with Crippen LogP contribution in [0.4, 0.5) is 0 Å². The summed E-state index contributed by atoms with van der Waals surface area (Å²) in [5.41, 5.74) is 0. The van der Waals surface area contributed by atoms with E-state index in [0.717, 1.165) is 12.5 Å². The van der Waals surface area contributed by atoms with E-state index in [-0.39, 0.29) is 0 Å². The van der Waals surface area contributed by atoms with Crippen molar-refractivity contribution in [2.75, 3.05) is 12.4 Å². The van der Waals surface area contributed by atoms with Crippen molar-refractivity contribution in [2.45, 2.75) is 51.5 Å². The highest BCUT2D eigenvalue weighted by Crippen LogP contribution is 2.27. The summed E-state index contributed by atoms with van der Waals surface area (Å²) in [7, 11) is 0. The Balaban J connectivity index is 2.24. The molecule has 1 unspecified atom stereocenters. The number of halogens is 1. The van der Waals surface area contributed by atoms with Gasteiger partial charge >= 0.3 is 0 Å². The van der Waals surface area contributed by atoms with E-state index >= 15 is 0 Å². The van der Waals surface area contributed by atoms with Gasteiger partial charge in [-0.2, -0.15) is 0 Å². The monoisotopic (exact) mass is 229 g/mol. The second kappa shape index (κ2) is 8.18. The Kier molecular flexibility index (Phi) is 7.12. The highest BCUT2D eigenvalue weighted by atomic mass is 35.5. The molecule has 1 nitrogen and oxygen atoms in total. The summed E-state index contributed by atoms with van der Waals surface area (Å²) in [6.07, 6.45) is 12.6. The van der Waals surface area contributed by atoms with Crippen LogP contribution in [0.2, 0.25) is 0 Å². The molecule has 1 aliphatic carbocycles. The SMILES string of the molecule is CCC(NC/C=C/CCl)C1CCCCC1. The molecule has 1 rings (SSSR count). The van der Waals surface area contributed by atoms with E-state index in [9.17, 15) is 0 Å². The van der Waals surface area contributed by atoms with Gasteiger partial charge in [-0.1, -0.05) is 38.3 Å². The van der Waals surface area contributed by atoms with Gasteiger partial charge in [0.15, 0.2) is 0 Å². The minimum atomic E-state index is 0.627. The van der Waals surface area contributed by atoms with Crippen LogP contribution in [0.15, 0.2) is 12.2 Å². The van der Waals surface area contributed by atoms with Crippen LogP contribution in [0.25, 0.3) is 0 Å². The van der Waals surface area contributed by atoms with Gasteiger partial charge in [0.1, 0.15) is 0 Å². The van der Waals surface area contributed by atoms with E-state index in [4.69, 9.17) is 11.6 Å². The molecule has 1 aliphatic rings. The third-order valence-corrected chi connectivity index (χ3v) is 3.59. The van der Waals surface area contributed by atoms with Crippen molar-refractivity contribution in [3.8, 4) is 0 Å². The van der Waals surface area contributed by atoms with Crippen molar-refractivity contribution in [2.24, 2.45) is 5.92 Å². The molecule has 0 aliphatic heterocycles. The predicted molar refractivity (Wildman–Crippen MR) is 68.5 cm³/mol. The predicted octanol–water partition coefficient (Wildman–Crippen LogP) is 3.73. The van der Waals surface area contributed by atoms with Crippen LogP contribution in [0.1, 0.15) is 45.4 Å². The van der Waals surface area contributed by atoms with Crippen molar-refractivity contribution < 1.29 is 0 Å². The molecule has 0 bridgehead atoms. The van der Waals surface area contributed by atoms with Crippen molar-refractivity contribution in [3.63, 3.8) is 0 Å². The maximum atomic E-state index is 5.58. The van der Waals surface area contributed by atoms with Crippen LogP contribution in [0.3, 0.4) is 0 Å². The number of nitrogens with one attached hydrogen (secondary N) is 1. The first kappa shape index (κ1) is 13.1. The van der Waals surface area contributed by atoms with Gasteiger partial charge in [0.25, 0.3) is 0 Å². The number of alkyl halides is 1. The maximum Gasteiger partial charge on any atom is 0.0404 e. The van der Waals surface area contributed by atoms with Gasteiger partial charge in [0, 0.05) is 18.5 Å². The fraction of sp³-hybridized carbons (Fsp3) is 0.846. The fourth-order valence-corrected chi connectivity index (χ4v) is 2.67. The number of hydrogen-bond acceptors (Lipinski definition) is 1. The first-order valence-corrected chi connectivity index (χ1v) is 6.86. The molecular formula is C13H24ClN. The molecule has 88 valence electrons. The molecule has 0 radical (unpaired) electrons. The molecule has 2 heteroatoms. The van der Waals surface area contributed by atoms with Crippen molar-refractivity contribution in [3.05, 3.63) is 12.2 Å². The first-order valence-electron chi connectivity index (χ1n) is 6.32. The lowest BCUT2D eigenvalue weighted by atomic mass is 9.83. The van der Waals surface area contributed by atoms with Gasteiger partial charge in [-0.3, -0.25) is 0 Å². The van der Waals surface area contributed by atoms with Gasteiger partial charge < -0.3 is 5.32 Å². The zero-order chi connectivity index (χ0) is 10.9. The molecule has 1 N–H and O–H groups in total. The largest absolute Gasteiger partial charge is 0.310 e. The normalized spacial score (nSPS) is 20.9. The molecule has 0 saturated heterocycles. The van der Waals surface area contributed by atoms with Gasteiger partial charge in [-0.05, 0) is 25.2 Å². The summed E-state index contributed by atoms with van der Waals surface area (Å²) in [4.78, 5) is 0. The summed E-state index contributed by atoms with van der Waals surface area (Å²) in [6, 6.07) is 0.713. The van der Waals surface area contributed by atoms with Crippen LogP contribution < -0.4 is 5.32 Å². The molecule has 1 atom stereocenters. The fourth-order valence-electron chi connectivity index (χ4n) is 2.55. The lowest BCUT2D eigenvalue weighted by molar-refractivity contribution is 0.268. The minimum absolute atomic E-state index is 0.627. The molecule has 1 fully saturated rings. The molecule has 0 aromatic rings. The molecule has 15 heavy (non-hydrogen) atoms. The summed E-state index contributed by atoms with van der Waals surface area (Å²) in [5.74, 6) is 1.54. The van der Waals surface area contributed by atoms with Crippen molar-refractivity contribution in [1.29, 1.82) is 0 Å². The maximum absolute atomic E-state index is 5.58. The lowest BCUT2D eigenvalue weighted by Crippen LogP contribution is -2.36. The Hall–Kier alpha value is -0.0100. The molecular weight excluding hydrogens is 206 g/mol. The van der Waals surface area contributed by atoms with Gasteiger partial charge in [-0.15, -0.1) is 11.6 Å². The zero-order valence-electron chi connectivity index (χ0n) is 9.84. The van der Waals surface area contributed by atoms with Gasteiger partial charge in [0.2, 0.25) is 0 Å². The van der Waals surface area contributed by atoms with E-state index in [0.29, 0.717) is 11.9 Å². The second-order valence-electron chi connectivity index (χ2n) is 4.45. The third-order valence-electron chi connectivity index (χ3n) is 3.41. The first-order chi connectivity index (χ1) is 7.38. The number of allylic oxidation sites excluding steroid dienone is 1. The lowest BCUT2D eigenvalue weighted by Gasteiger charge is -2.30. The topological polar surface area (TPSA) is 12.0 Å². The molecule has 0 heterocycles. The van der Waals surface area contributed by atoms with E-state index in [1.165, 1.54) is 38.5 Å². The summed E-state index contributed by atoms with van der Waals surface area (Å²) < 4.78 is 0. The van der Waals surface area contributed by atoms with Crippen LogP contribution in [-0.4, -0.2) is 18.5 Å². The summed E-state index contributed by atoms with van der Waals surface area (Å²) >= 11 is 5.58. The highest BCUT2D eigenvalue weighted by molar-refractivity contribution is 6.18. The Morgan fingerprint density at radius 2 is 2.00 bits per heavy atom. The third kappa shape index (κ3) is 5.03. The standard InChI is InChI=1S/C13H24ClN/c1-2-13(15-11-7-6-10-14)12-8-4-3-5-9-12/h6-7,12-13,15H,2-5,8-11H2,1H3/b7-6+. The number of rotatable bonds is 6. The molecule has 0 amide bonds. The van der Waals surface area contributed by atoms with Gasteiger partial charge in [-0.25, -0.2) is 0 Å². The molecule has 0 aromatic carbocycles. The highest BCUT2D eigenvalue weighted by Gasteiger charge is 2.20. The van der Waals surface area contributed by atoms with E-state index in [1.807, 2.05) is 6.08 Å². The van der Waals surface area contributed by atoms with Crippen LogP contribution in [0, 0.1) is 5.92 Å². The molecule has 0 spiro atoms. The average molecular weight is 230 g/mol. The Morgan fingerprint density at radius 1 is 1.27 bits per heavy atom. The van der Waals surface area contributed by atoms with Crippen LogP contribution in [-0.2, 0) is 0 Å². The smallest absolute Gasteiger partial charge is 0.0404 e. The zero-order valence-corrected chi connectivity index (χ0v) is 10.6. The van der Waals surface area contributed by atoms with Gasteiger partial charge in [0.05, 0.1) is 0 Å². The van der Waals surface area contributed by atoms with Crippen molar-refractivity contribution in [1.82, 2.24) is 5.32 Å². The Bertz CT molecular complexity index is 173. The van der Waals surface area contributed by atoms with E-state index in [2.05, 4.69) is 18.3 Å². The Morgan fingerprint density at radius 3 is 2.60 bits per heavy atom. The van der Waals surface area contributed by atoms with E-state index in [1.54, 1.807) is 0 Å². The van der Waals surface area contributed by atoms with Crippen molar-refractivity contribution >= 4 is 11.6 Å². The second-order valence-corrected chi connectivity index (χ2v) is 4.76. The average Bonchev–Trinajstić information content (AvgIpc) is 2.30. The van der Waals surface area contributed by atoms with E-state index < -0.39 is 0 Å².